The molecule has 2 bridgehead atoms. The van der Waals surface area contributed by atoms with E-state index in [1.54, 1.807) is 13.3 Å². The molecule has 3 saturated heterocycles. The third kappa shape index (κ3) is 3.19. The Kier molecular flexibility index (Phi) is 5.05. The third-order valence-electron chi connectivity index (χ3n) is 8.16. The van der Waals surface area contributed by atoms with Crippen molar-refractivity contribution in [1.82, 2.24) is 20.0 Å². The Morgan fingerprint density at radius 2 is 2.09 bits per heavy atom. The molecular formula is C26H32N4O2. The summed E-state index contributed by atoms with van der Waals surface area (Å²) in [6, 6.07) is 8.77. The van der Waals surface area contributed by atoms with E-state index >= 15 is 0 Å². The molecule has 4 heterocycles. The number of hydrogen-bond donors (Lipinski definition) is 1. The number of aromatic nitrogens is 2. The zero-order valence-electron chi connectivity index (χ0n) is 18.8. The number of benzene rings is 1. The van der Waals surface area contributed by atoms with Crippen molar-refractivity contribution in [2.24, 2.45) is 11.8 Å². The summed E-state index contributed by atoms with van der Waals surface area (Å²) in [5.41, 5.74) is 3.78. The first kappa shape index (κ1) is 20.0. The van der Waals surface area contributed by atoms with E-state index in [0.29, 0.717) is 17.4 Å². The maximum absolute atomic E-state index is 13.9. The van der Waals surface area contributed by atoms with Gasteiger partial charge in [-0.1, -0.05) is 30.2 Å². The summed E-state index contributed by atoms with van der Waals surface area (Å²) in [4.78, 5) is 18.8. The number of para-hydroxylation sites is 1. The lowest BCUT2D eigenvalue weighted by Crippen LogP contribution is -2.60. The van der Waals surface area contributed by atoms with Crippen molar-refractivity contribution in [3.05, 3.63) is 47.7 Å². The fourth-order valence-corrected chi connectivity index (χ4v) is 6.86. The van der Waals surface area contributed by atoms with Crippen LogP contribution in [-0.2, 0) is 0 Å². The molecule has 6 rings (SSSR count). The second-order valence-corrected chi connectivity index (χ2v) is 9.87. The Morgan fingerprint density at radius 1 is 1.19 bits per heavy atom. The summed E-state index contributed by atoms with van der Waals surface area (Å²) in [6.45, 7) is 3.18. The van der Waals surface area contributed by atoms with Gasteiger partial charge in [-0.15, -0.1) is 0 Å². The average Bonchev–Trinajstić information content (AvgIpc) is 3.33. The number of hydrogen-bond acceptors (Lipinski definition) is 4. The molecule has 168 valence electrons. The minimum atomic E-state index is 0.0921. The number of rotatable bonds is 3. The Labute approximate surface area is 189 Å². The van der Waals surface area contributed by atoms with Crippen LogP contribution in [0, 0.1) is 11.8 Å². The Hall–Kier alpha value is -2.60. The summed E-state index contributed by atoms with van der Waals surface area (Å²) < 4.78 is 5.55. The first-order valence-corrected chi connectivity index (χ1v) is 12.2. The predicted molar refractivity (Wildman–Crippen MR) is 124 cm³/mol. The summed E-state index contributed by atoms with van der Waals surface area (Å²) in [5.74, 6) is 2.05. The normalized spacial score (nSPS) is 29.7. The minimum Gasteiger partial charge on any atom is -0.496 e. The fraction of sp³-hybridized carbons (Fsp3) is 0.538. The first-order valence-electron chi connectivity index (χ1n) is 12.2. The van der Waals surface area contributed by atoms with Gasteiger partial charge < -0.3 is 9.64 Å². The van der Waals surface area contributed by atoms with Gasteiger partial charge in [0.1, 0.15) is 5.75 Å². The number of carbonyl (C=O) groups is 1. The van der Waals surface area contributed by atoms with Gasteiger partial charge in [-0.3, -0.25) is 14.8 Å². The molecule has 32 heavy (non-hydrogen) atoms. The molecule has 1 amide bonds. The molecule has 3 aliphatic heterocycles. The van der Waals surface area contributed by atoms with E-state index in [4.69, 9.17) is 4.74 Å². The van der Waals surface area contributed by atoms with Crippen molar-refractivity contribution in [3.63, 3.8) is 0 Å². The van der Waals surface area contributed by atoms with Gasteiger partial charge in [0, 0.05) is 24.7 Å². The number of ether oxygens (including phenoxy) is 1. The highest BCUT2D eigenvalue weighted by molar-refractivity contribution is 6.00. The molecular weight excluding hydrogens is 400 g/mol. The number of nitrogens with one attached hydrogen (secondary N) is 1. The molecule has 4 atom stereocenters. The first-order chi connectivity index (χ1) is 15.7. The van der Waals surface area contributed by atoms with Crippen molar-refractivity contribution in [2.75, 3.05) is 26.7 Å². The van der Waals surface area contributed by atoms with Crippen LogP contribution in [0.2, 0.25) is 0 Å². The van der Waals surface area contributed by atoms with Gasteiger partial charge in [0.15, 0.2) is 0 Å². The van der Waals surface area contributed by atoms with E-state index in [1.807, 2.05) is 24.3 Å². The van der Waals surface area contributed by atoms with Crippen molar-refractivity contribution in [3.8, 4) is 17.0 Å². The molecule has 1 aliphatic carbocycles. The Balaban J connectivity index is 1.34. The lowest BCUT2D eigenvalue weighted by molar-refractivity contribution is 0.00150. The number of amides is 1. The SMILES string of the molecule is COc1ccccc1-c1[nH]ncc1C(=O)N1CCCC2=C[C@@H]3C[C@@H](CN4CCCC[C@H]34)[C@@H]21. The standard InChI is InChI=1S/C26H32N4O2/c1-32-23-10-3-2-8-20(23)24-21(15-27-28-24)26(31)30-12-6-7-17-13-18-14-19(25(17)30)16-29-11-5-4-9-22(18)29/h2-3,8,10,13,15,18-19,22,25H,4-7,9,11-12,14,16H2,1H3,(H,27,28)/t18-,19+,22-,25-/m1/s1. The number of methoxy groups -OCH3 is 1. The maximum Gasteiger partial charge on any atom is 0.258 e. The zero-order chi connectivity index (χ0) is 21.7. The Bertz CT molecular complexity index is 1040. The van der Waals surface area contributed by atoms with Gasteiger partial charge in [0.05, 0.1) is 30.6 Å². The molecule has 0 spiro atoms. The topological polar surface area (TPSA) is 61.5 Å². The fourth-order valence-electron chi connectivity index (χ4n) is 6.86. The number of fused-ring (bicyclic) bond motifs is 6. The Morgan fingerprint density at radius 3 is 3.00 bits per heavy atom. The summed E-state index contributed by atoms with van der Waals surface area (Å²) in [5, 5.41) is 7.33. The van der Waals surface area contributed by atoms with E-state index in [-0.39, 0.29) is 11.9 Å². The van der Waals surface area contributed by atoms with Crippen molar-refractivity contribution in [2.45, 2.75) is 50.6 Å². The van der Waals surface area contributed by atoms with Crippen LogP contribution in [0.15, 0.2) is 42.1 Å². The molecule has 4 aliphatic rings. The molecule has 0 unspecified atom stereocenters. The van der Waals surface area contributed by atoms with Crippen LogP contribution in [0.4, 0.5) is 0 Å². The number of aromatic amines is 1. The monoisotopic (exact) mass is 432 g/mol. The van der Waals surface area contributed by atoms with Crippen molar-refractivity contribution in [1.29, 1.82) is 0 Å². The largest absolute Gasteiger partial charge is 0.496 e. The van der Waals surface area contributed by atoms with Crippen molar-refractivity contribution < 1.29 is 9.53 Å². The van der Waals surface area contributed by atoms with Gasteiger partial charge in [-0.2, -0.15) is 5.10 Å². The van der Waals surface area contributed by atoms with Crippen LogP contribution in [0.3, 0.4) is 0 Å². The van der Waals surface area contributed by atoms with E-state index in [1.165, 1.54) is 37.8 Å². The van der Waals surface area contributed by atoms with Crippen LogP contribution < -0.4 is 4.74 Å². The molecule has 0 radical (unpaired) electrons. The number of H-pyrrole nitrogens is 1. The highest BCUT2D eigenvalue weighted by Crippen LogP contribution is 2.45. The lowest BCUT2D eigenvalue weighted by atomic mass is 9.68. The molecule has 6 nitrogen and oxygen atoms in total. The molecule has 1 N–H and O–H groups in total. The van der Waals surface area contributed by atoms with Gasteiger partial charge in [0.2, 0.25) is 0 Å². The van der Waals surface area contributed by atoms with Gasteiger partial charge in [-0.05, 0) is 62.6 Å². The molecule has 0 saturated carbocycles. The lowest BCUT2D eigenvalue weighted by Gasteiger charge is -2.54. The smallest absolute Gasteiger partial charge is 0.258 e. The zero-order valence-corrected chi connectivity index (χ0v) is 18.8. The number of carbonyl (C=O) groups excluding carboxylic acids is 1. The molecule has 2 aromatic rings. The highest BCUT2D eigenvalue weighted by Gasteiger charge is 2.47. The number of likely N-dealkylation sites (tertiary alicyclic amines) is 1. The van der Waals surface area contributed by atoms with Crippen LogP contribution >= 0.6 is 0 Å². The number of nitrogens with zero attached hydrogens (tertiary/aromatic N) is 3. The molecule has 1 aromatic heterocycles. The molecule has 6 heteroatoms. The average molecular weight is 433 g/mol. The second kappa shape index (κ2) is 8.07. The van der Waals surface area contributed by atoms with Crippen LogP contribution in [-0.4, -0.2) is 64.7 Å². The van der Waals surface area contributed by atoms with Crippen molar-refractivity contribution >= 4 is 5.91 Å². The van der Waals surface area contributed by atoms with E-state index in [9.17, 15) is 4.79 Å². The van der Waals surface area contributed by atoms with Gasteiger partial charge in [0.25, 0.3) is 5.91 Å². The van der Waals surface area contributed by atoms with Gasteiger partial charge in [-0.25, -0.2) is 0 Å². The van der Waals surface area contributed by atoms with Crippen LogP contribution in [0.25, 0.3) is 11.3 Å². The molecule has 3 fully saturated rings. The van der Waals surface area contributed by atoms with Gasteiger partial charge >= 0.3 is 0 Å². The molecule has 1 aromatic carbocycles. The number of piperidine rings is 3. The summed E-state index contributed by atoms with van der Waals surface area (Å²) in [6.07, 6.45) is 11.7. The quantitative estimate of drug-likeness (QED) is 0.741. The van der Waals surface area contributed by atoms with E-state index < -0.39 is 0 Å². The van der Waals surface area contributed by atoms with Crippen LogP contribution in [0.5, 0.6) is 5.75 Å². The third-order valence-corrected chi connectivity index (χ3v) is 8.16. The second-order valence-electron chi connectivity index (χ2n) is 9.87. The predicted octanol–water partition coefficient (Wildman–Crippen LogP) is 4.12. The highest BCUT2D eigenvalue weighted by atomic mass is 16.5. The minimum absolute atomic E-state index is 0.0921. The van der Waals surface area contributed by atoms with E-state index in [0.717, 1.165) is 49.0 Å². The van der Waals surface area contributed by atoms with E-state index in [2.05, 4.69) is 26.1 Å². The summed E-state index contributed by atoms with van der Waals surface area (Å²) in [7, 11) is 1.66. The summed E-state index contributed by atoms with van der Waals surface area (Å²) >= 11 is 0. The maximum atomic E-state index is 13.9. The van der Waals surface area contributed by atoms with Crippen LogP contribution in [0.1, 0.15) is 48.9 Å².